The number of aliphatic imine (C=N–C) groups is 1. The summed E-state index contributed by atoms with van der Waals surface area (Å²) in [6.07, 6.45) is 3.21. The number of nitrogens with one attached hydrogen (secondary N) is 1. The van der Waals surface area contributed by atoms with Gasteiger partial charge in [-0.1, -0.05) is 18.2 Å². The van der Waals surface area contributed by atoms with Crippen LogP contribution in [0.5, 0.6) is 0 Å². The Balaban J connectivity index is 2.78. The van der Waals surface area contributed by atoms with E-state index in [1.165, 1.54) is 6.08 Å². The molecule has 0 fully saturated rings. The molecule has 1 heterocycles. The van der Waals surface area contributed by atoms with Crippen molar-refractivity contribution < 1.29 is 4.79 Å². The number of nitrogens with zero attached hydrogens (tertiary/aromatic N) is 1. The minimum atomic E-state index is 0.639. The van der Waals surface area contributed by atoms with Crippen molar-refractivity contribution in [3.05, 3.63) is 30.5 Å². The molecule has 0 amide bonds. The van der Waals surface area contributed by atoms with Crippen molar-refractivity contribution >= 4 is 22.7 Å². The van der Waals surface area contributed by atoms with Crippen molar-refractivity contribution in [2.75, 3.05) is 0 Å². The molecule has 1 aromatic heterocycles. The summed E-state index contributed by atoms with van der Waals surface area (Å²) >= 11 is 0. The van der Waals surface area contributed by atoms with E-state index in [0.717, 1.165) is 10.9 Å². The maximum Gasteiger partial charge on any atom is 0.240 e. The number of hydrogen-bond acceptors (Lipinski definition) is 2. The van der Waals surface area contributed by atoms with Gasteiger partial charge in [0.05, 0.1) is 0 Å². The molecule has 0 spiro atoms. The monoisotopic (exact) mass is 158 g/mol. The Morgan fingerprint density at radius 2 is 2.17 bits per heavy atom. The second kappa shape index (κ2) is 2.64. The molecule has 0 aliphatic carbocycles. The van der Waals surface area contributed by atoms with Crippen LogP contribution in [0.3, 0.4) is 0 Å². The third-order valence-corrected chi connectivity index (χ3v) is 1.73. The van der Waals surface area contributed by atoms with Crippen LogP contribution >= 0.6 is 0 Å². The van der Waals surface area contributed by atoms with E-state index in [2.05, 4.69) is 9.98 Å². The number of fused-ring (bicyclic) bond motifs is 1. The van der Waals surface area contributed by atoms with Gasteiger partial charge < -0.3 is 4.98 Å². The number of rotatable bonds is 1. The van der Waals surface area contributed by atoms with Gasteiger partial charge in [-0.25, -0.2) is 4.79 Å². The molecule has 0 saturated carbocycles. The summed E-state index contributed by atoms with van der Waals surface area (Å²) < 4.78 is 0. The van der Waals surface area contributed by atoms with Crippen molar-refractivity contribution in [2.45, 2.75) is 0 Å². The molecule has 12 heavy (non-hydrogen) atoms. The van der Waals surface area contributed by atoms with Gasteiger partial charge >= 0.3 is 0 Å². The predicted molar refractivity (Wildman–Crippen MR) is 46.1 cm³/mol. The van der Waals surface area contributed by atoms with Crippen LogP contribution < -0.4 is 0 Å². The first-order chi connectivity index (χ1) is 5.92. The molecule has 0 radical (unpaired) electrons. The molecular weight excluding hydrogens is 152 g/mol. The highest BCUT2D eigenvalue weighted by atomic mass is 16.1. The Morgan fingerprint density at radius 3 is 3.00 bits per heavy atom. The highest BCUT2D eigenvalue weighted by molar-refractivity contribution is 5.91. The zero-order valence-corrected chi connectivity index (χ0v) is 6.24. The lowest BCUT2D eigenvalue weighted by atomic mass is 10.2. The van der Waals surface area contributed by atoms with Crippen LogP contribution in [-0.4, -0.2) is 11.1 Å². The number of carbonyl (C=O) groups excluding carboxylic acids is 1. The molecule has 58 valence electrons. The first-order valence-corrected chi connectivity index (χ1v) is 3.56. The average Bonchev–Trinajstić information content (AvgIpc) is 2.50. The maximum atomic E-state index is 10.0. The van der Waals surface area contributed by atoms with Crippen molar-refractivity contribution in [1.29, 1.82) is 0 Å². The van der Waals surface area contributed by atoms with Crippen LogP contribution in [0, 0.1) is 0 Å². The number of aromatic nitrogens is 1. The summed E-state index contributed by atoms with van der Waals surface area (Å²) in [5, 5.41) is 0.945. The minimum Gasteiger partial charge on any atom is -0.359 e. The molecule has 3 nitrogen and oxygen atoms in total. The van der Waals surface area contributed by atoms with E-state index >= 15 is 0 Å². The van der Waals surface area contributed by atoms with Gasteiger partial charge in [-0.15, -0.1) is 0 Å². The molecule has 0 unspecified atom stereocenters. The highest BCUT2D eigenvalue weighted by Crippen LogP contribution is 2.24. The molecule has 0 aliphatic rings. The molecule has 1 aromatic carbocycles. The lowest BCUT2D eigenvalue weighted by Crippen LogP contribution is -1.63. The Bertz CT molecular complexity index is 452. The van der Waals surface area contributed by atoms with Gasteiger partial charge in [-0.3, -0.25) is 0 Å². The number of benzene rings is 1. The zero-order valence-electron chi connectivity index (χ0n) is 6.24. The largest absolute Gasteiger partial charge is 0.359 e. The summed E-state index contributed by atoms with van der Waals surface area (Å²) in [4.78, 5) is 16.6. The third kappa shape index (κ3) is 0.929. The minimum absolute atomic E-state index is 0.639. The van der Waals surface area contributed by atoms with Crippen LogP contribution in [0.15, 0.2) is 35.5 Å². The van der Waals surface area contributed by atoms with Crippen molar-refractivity contribution in [1.82, 2.24) is 4.98 Å². The molecule has 2 aromatic rings. The standard InChI is InChI=1S/C9H6N2O/c12-6-11-9-5-10-8-4-2-1-3-7(8)9/h1-5,10H. The maximum absolute atomic E-state index is 10.0. The SMILES string of the molecule is O=C=Nc1c[nH]c2ccccc12. The van der Waals surface area contributed by atoms with Crippen LogP contribution in [0.1, 0.15) is 0 Å². The molecule has 0 saturated heterocycles. The van der Waals surface area contributed by atoms with Gasteiger partial charge in [-0.2, -0.15) is 4.99 Å². The van der Waals surface area contributed by atoms with Gasteiger partial charge in [0.1, 0.15) is 5.69 Å². The van der Waals surface area contributed by atoms with Crippen LogP contribution in [0.4, 0.5) is 5.69 Å². The molecular formula is C9H6N2O. The average molecular weight is 158 g/mol. The van der Waals surface area contributed by atoms with E-state index in [-0.39, 0.29) is 0 Å². The Labute approximate surface area is 68.7 Å². The summed E-state index contributed by atoms with van der Waals surface area (Å²) in [6, 6.07) is 7.66. The van der Waals surface area contributed by atoms with Gasteiger partial charge in [0.25, 0.3) is 0 Å². The number of isocyanates is 1. The smallest absolute Gasteiger partial charge is 0.240 e. The van der Waals surface area contributed by atoms with E-state index in [1.807, 2.05) is 24.3 Å². The third-order valence-electron chi connectivity index (χ3n) is 1.73. The molecule has 0 bridgehead atoms. The lowest BCUT2D eigenvalue weighted by Gasteiger charge is -1.86. The number of aromatic amines is 1. The second-order valence-corrected chi connectivity index (χ2v) is 2.42. The topological polar surface area (TPSA) is 45.2 Å². The summed E-state index contributed by atoms with van der Waals surface area (Å²) in [5.74, 6) is 0. The zero-order chi connectivity index (χ0) is 8.39. The Kier molecular flexibility index (Phi) is 1.50. The van der Waals surface area contributed by atoms with Crippen LogP contribution in [0.2, 0.25) is 0 Å². The summed E-state index contributed by atoms with van der Waals surface area (Å²) in [6.45, 7) is 0. The molecule has 3 heteroatoms. The van der Waals surface area contributed by atoms with Crippen LogP contribution in [0.25, 0.3) is 10.9 Å². The fourth-order valence-electron chi connectivity index (χ4n) is 1.20. The molecule has 2 rings (SSSR count). The number of H-pyrrole nitrogens is 1. The number of para-hydroxylation sites is 1. The van der Waals surface area contributed by atoms with Gasteiger partial charge in [0.2, 0.25) is 6.08 Å². The van der Waals surface area contributed by atoms with E-state index in [1.54, 1.807) is 6.20 Å². The first-order valence-electron chi connectivity index (χ1n) is 3.56. The quantitative estimate of drug-likeness (QED) is 0.501. The molecule has 0 atom stereocenters. The summed E-state index contributed by atoms with van der Waals surface area (Å²) in [5.41, 5.74) is 1.62. The molecule has 1 N–H and O–H groups in total. The molecule has 0 aliphatic heterocycles. The van der Waals surface area contributed by atoms with Crippen LogP contribution in [-0.2, 0) is 4.79 Å². The van der Waals surface area contributed by atoms with Crippen molar-refractivity contribution in [3.8, 4) is 0 Å². The Hall–Kier alpha value is -1.86. The Morgan fingerprint density at radius 1 is 1.33 bits per heavy atom. The lowest BCUT2D eigenvalue weighted by molar-refractivity contribution is 0.565. The van der Waals surface area contributed by atoms with Gasteiger partial charge in [0, 0.05) is 17.1 Å². The fourth-order valence-corrected chi connectivity index (χ4v) is 1.20. The van der Waals surface area contributed by atoms with E-state index in [4.69, 9.17) is 0 Å². The second-order valence-electron chi connectivity index (χ2n) is 2.42. The van der Waals surface area contributed by atoms with Gasteiger partial charge in [0.15, 0.2) is 0 Å². The van der Waals surface area contributed by atoms with E-state index in [0.29, 0.717) is 5.69 Å². The highest BCUT2D eigenvalue weighted by Gasteiger charge is 1.99. The fraction of sp³-hybridized carbons (Fsp3) is 0. The normalized spacial score (nSPS) is 9.67. The first kappa shape index (κ1) is 6.83. The summed E-state index contributed by atoms with van der Waals surface area (Å²) in [7, 11) is 0. The van der Waals surface area contributed by atoms with E-state index in [9.17, 15) is 4.79 Å². The van der Waals surface area contributed by atoms with Crippen molar-refractivity contribution in [3.63, 3.8) is 0 Å². The van der Waals surface area contributed by atoms with Gasteiger partial charge in [-0.05, 0) is 6.07 Å². The van der Waals surface area contributed by atoms with Crippen molar-refractivity contribution in [2.24, 2.45) is 4.99 Å². The predicted octanol–water partition coefficient (Wildman–Crippen LogP) is 2.14. The number of hydrogen-bond donors (Lipinski definition) is 1. The van der Waals surface area contributed by atoms with E-state index < -0.39 is 0 Å².